The van der Waals surface area contributed by atoms with Crippen molar-refractivity contribution in [2.24, 2.45) is 5.10 Å². The van der Waals surface area contributed by atoms with E-state index in [1.165, 1.54) is 4.68 Å². The van der Waals surface area contributed by atoms with Crippen LogP contribution in [0, 0.1) is 0 Å². The summed E-state index contributed by atoms with van der Waals surface area (Å²) in [7, 11) is 0. The second-order valence-electron chi connectivity index (χ2n) is 6.43. The van der Waals surface area contributed by atoms with Gasteiger partial charge in [0.2, 0.25) is 0 Å². The van der Waals surface area contributed by atoms with Crippen molar-refractivity contribution < 1.29 is 4.74 Å². The third kappa shape index (κ3) is 4.45. The van der Waals surface area contributed by atoms with Crippen molar-refractivity contribution in [2.45, 2.75) is 39.7 Å². The van der Waals surface area contributed by atoms with Crippen LogP contribution in [0.15, 0.2) is 50.8 Å². The van der Waals surface area contributed by atoms with Crippen molar-refractivity contribution in [3.8, 4) is 5.75 Å². The fraction of sp³-hybridized carbons (Fsp3) is 0.286. The van der Waals surface area contributed by atoms with Gasteiger partial charge >= 0.3 is 0 Å². The number of benzene rings is 2. The second kappa shape index (κ2) is 8.88. The van der Waals surface area contributed by atoms with Crippen LogP contribution in [-0.2, 0) is 6.42 Å². The zero-order chi connectivity index (χ0) is 20.3. The predicted octanol–water partition coefficient (Wildman–Crippen LogP) is 5.43. The Labute approximate surface area is 177 Å². The Morgan fingerprint density at radius 3 is 2.75 bits per heavy atom. The van der Waals surface area contributed by atoms with E-state index in [2.05, 4.69) is 32.9 Å². The molecule has 0 saturated heterocycles. The van der Waals surface area contributed by atoms with Crippen LogP contribution >= 0.6 is 27.5 Å². The number of aryl methyl sites for hydroxylation is 1. The summed E-state index contributed by atoms with van der Waals surface area (Å²) in [5, 5.41) is 5.40. The molecule has 0 aliphatic heterocycles. The van der Waals surface area contributed by atoms with Crippen LogP contribution in [0.2, 0.25) is 5.02 Å². The summed E-state index contributed by atoms with van der Waals surface area (Å²) >= 11 is 9.72. The van der Waals surface area contributed by atoms with Gasteiger partial charge in [-0.15, -0.1) is 0 Å². The van der Waals surface area contributed by atoms with Gasteiger partial charge in [0, 0.05) is 10.9 Å². The molecule has 0 N–H and O–H groups in total. The third-order valence-corrected chi connectivity index (χ3v) is 5.16. The number of aromatic nitrogens is 2. The van der Waals surface area contributed by atoms with Crippen molar-refractivity contribution in [3.05, 3.63) is 67.6 Å². The predicted molar refractivity (Wildman–Crippen MR) is 118 cm³/mol. The molecule has 0 bridgehead atoms. The van der Waals surface area contributed by atoms with Gasteiger partial charge in [-0.1, -0.05) is 41.4 Å². The topological polar surface area (TPSA) is 56.5 Å². The summed E-state index contributed by atoms with van der Waals surface area (Å²) in [4.78, 5) is 17.5. The molecule has 28 heavy (non-hydrogen) atoms. The molecule has 0 unspecified atom stereocenters. The SMILES string of the molecule is CCc1nc2ccc(Br)cc2c(=O)n1N=Cc1ccc(O[C@@H](C)CC)c(Cl)c1. The van der Waals surface area contributed by atoms with E-state index >= 15 is 0 Å². The lowest BCUT2D eigenvalue weighted by Crippen LogP contribution is -2.22. The maximum absolute atomic E-state index is 12.9. The third-order valence-electron chi connectivity index (χ3n) is 4.37. The monoisotopic (exact) mass is 461 g/mol. The van der Waals surface area contributed by atoms with Gasteiger partial charge in [0.25, 0.3) is 5.56 Å². The fourth-order valence-corrected chi connectivity index (χ4v) is 3.25. The highest BCUT2D eigenvalue weighted by Gasteiger charge is 2.10. The average Bonchev–Trinajstić information content (AvgIpc) is 2.69. The molecule has 7 heteroatoms. The van der Waals surface area contributed by atoms with Crippen LogP contribution in [-0.4, -0.2) is 22.0 Å². The minimum atomic E-state index is -0.206. The molecule has 0 amide bonds. The molecule has 146 valence electrons. The molecule has 0 radical (unpaired) electrons. The van der Waals surface area contributed by atoms with E-state index in [1.54, 1.807) is 18.3 Å². The van der Waals surface area contributed by atoms with Crippen LogP contribution in [0.4, 0.5) is 0 Å². The number of nitrogens with zero attached hydrogens (tertiary/aromatic N) is 3. The van der Waals surface area contributed by atoms with Gasteiger partial charge in [-0.2, -0.15) is 9.78 Å². The summed E-state index contributed by atoms with van der Waals surface area (Å²) in [5.41, 5.74) is 1.22. The van der Waals surface area contributed by atoms with Crippen molar-refractivity contribution in [1.29, 1.82) is 0 Å². The van der Waals surface area contributed by atoms with E-state index in [-0.39, 0.29) is 11.7 Å². The maximum Gasteiger partial charge on any atom is 0.282 e. The van der Waals surface area contributed by atoms with Crippen molar-refractivity contribution >= 4 is 44.6 Å². The van der Waals surface area contributed by atoms with Crippen LogP contribution in [0.25, 0.3) is 10.9 Å². The lowest BCUT2D eigenvalue weighted by atomic mass is 10.2. The molecule has 1 aromatic heterocycles. The fourth-order valence-electron chi connectivity index (χ4n) is 2.66. The van der Waals surface area contributed by atoms with Gasteiger partial charge in [0.15, 0.2) is 0 Å². The number of hydrogen-bond donors (Lipinski definition) is 0. The Morgan fingerprint density at radius 1 is 1.29 bits per heavy atom. The van der Waals surface area contributed by atoms with Gasteiger partial charge < -0.3 is 4.74 Å². The Bertz CT molecular complexity index is 1090. The number of halogens is 2. The van der Waals surface area contributed by atoms with E-state index < -0.39 is 0 Å². The Morgan fingerprint density at radius 2 is 2.07 bits per heavy atom. The largest absolute Gasteiger partial charge is 0.489 e. The Kier molecular flexibility index (Phi) is 6.52. The highest BCUT2D eigenvalue weighted by molar-refractivity contribution is 9.10. The Balaban J connectivity index is 1.98. The quantitative estimate of drug-likeness (QED) is 0.459. The molecule has 3 rings (SSSR count). The van der Waals surface area contributed by atoms with Crippen LogP contribution < -0.4 is 10.3 Å². The molecule has 0 fully saturated rings. The summed E-state index contributed by atoms with van der Waals surface area (Å²) in [6, 6.07) is 10.9. The molecule has 5 nitrogen and oxygen atoms in total. The van der Waals surface area contributed by atoms with Crippen molar-refractivity contribution in [1.82, 2.24) is 9.66 Å². The second-order valence-corrected chi connectivity index (χ2v) is 7.75. The maximum atomic E-state index is 12.9. The van der Waals surface area contributed by atoms with Crippen LogP contribution in [0.1, 0.15) is 38.6 Å². The average molecular weight is 463 g/mol. The summed E-state index contributed by atoms with van der Waals surface area (Å²) in [5.74, 6) is 1.23. The molecule has 0 aliphatic rings. The van der Waals surface area contributed by atoms with E-state index in [0.717, 1.165) is 16.5 Å². The normalized spacial score (nSPS) is 12.6. The first-order valence-corrected chi connectivity index (χ1v) is 10.3. The highest BCUT2D eigenvalue weighted by atomic mass is 79.9. The number of fused-ring (bicyclic) bond motifs is 1. The van der Waals surface area contributed by atoms with E-state index in [4.69, 9.17) is 16.3 Å². The lowest BCUT2D eigenvalue weighted by Gasteiger charge is -2.14. The summed E-state index contributed by atoms with van der Waals surface area (Å²) in [6.45, 7) is 5.99. The zero-order valence-electron chi connectivity index (χ0n) is 15.9. The molecule has 0 spiro atoms. The lowest BCUT2D eigenvalue weighted by molar-refractivity contribution is 0.217. The first-order valence-electron chi connectivity index (χ1n) is 9.14. The minimum Gasteiger partial charge on any atom is -0.489 e. The Hall–Kier alpha value is -2.18. The standard InChI is InChI=1S/C21H21BrClN3O2/c1-4-13(3)28-19-9-6-14(10-17(19)23)12-24-26-20(5-2)25-18-8-7-15(22)11-16(18)21(26)27/h6-13H,4-5H2,1-3H3/t13-/m0/s1. The summed E-state index contributed by atoms with van der Waals surface area (Å²) < 4.78 is 7.94. The number of hydrogen-bond acceptors (Lipinski definition) is 4. The van der Waals surface area contributed by atoms with Gasteiger partial charge in [0.1, 0.15) is 11.6 Å². The molecular weight excluding hydrogens is 442 g/mol. The van der Waals surface area contributed by atoms with E-state index in [9.17, 15) is 4.79 Å². The highest BCUT2D eigenvalue weighted by Crippen LogP contribution is 2.26. The molecular formula is C21H21BrClN3O2. The number of ether oxygens (including phenoxy) is 1. The van der Waals surface area contributed by atoms with Crippen LogP contribution in [0.3, 0.4) is 0 Å². The first kappa shape index (κ1) is 20.6. The van der Waals surface area contributed by atoms with Crippen molar-refractivity contribution in [3.63, 3.8) is 0 Å². The molecule has 3 aromatic rings. The van der Waals surface area contributed by atoms with Crippen molar-refractivity contribution in [2.75, 3.05) is 0 Å². The van der Waals surface area contributed by atoms with Gasteiger partial charge in [-0.05, 0) is 55.3 Å². The molecule has 2 aromatic carbocycles. The number of rotatable bonds is 6. The zero-order valence-corrected chi connectivity index (χ0v) is 18.3. The minimum absolute atomic E-state index is 0.0886. The molecule has 0 saturated carbocycles. The van der Waals surface area contributed by atoms with E-state index in [1.807, 2.05) is 38.1 Å². The van der Waals surface area contributed by atoms with Crippen LogP contribution in [0.5, 0.6) is 5.75 Å². The van der Waals surface area contributed by atoms with Gasteiger partial charge in [0.05, 0.1) is 28.2 Å². The first-order chi connectivity index (χ1) is 13.4. The van der Waals surface area contributed by atoms with E-state index in [0.29, 0.717) is 33.9 Å². The van der Waals surface area contributed by atoms with Gasteiger partial charge in [-0.3, -0.25) is 4.79 Å². The molecule has 1 heterocycles. The summed E-state index contributed by atoms with van der Waals surface area (Å²) in [6.07, 6.45) is 3.17. The van der Waals surface area contributed by atoms with Gasteiger partial charge in [-0.25, -0.2) is 4.98 Å². The molecule has 1 atom stereocenters. The molecule has 0 aliphatic carbocycles. The smallest absolute Gasteiger partial charge is 0.282 e.